The predicted molar refractivity (Wildman–Crippen MR) is 74.3 cm³/mol. The van der Waals surface area contributed by atoms with Gasteiger partial charge in [0.2, 0.25) is 0 Å². The smallest absolute Gasteiger partial charge is 0.131 e. The highest BCUT2D eigenvalue weighted by molar-refractivity contribution is 6.29. The molecule has 0 spiro atoms. The molecule has 0 amide bonds. The summed E-state index contributed by atoms with van der Waals surface area (Å²) >= 11 is 5.87. The van der Waals surface area contributed by atoms with E-state index in [0.717, 1.165) is 22.1 Å². The summed E-state index contributed by atoms with van der Waals surface area (Å²) in [5, 5.41) is 6.02. The maximum Gasteiger partial charge on any atom is 0.131 e. The zero-order valence-corrected chi connectivity index (χ0v) is 10.2. The van der Waals surface area contributed by atoms with Crippen molar-refractivity contribution < 1.29 is 0 Å². The van der Waals surface area contributed by atoms with Crippen LogP contribution in [0.25, 0.3) is 10.8 Å². The van der Waals surface area contributed by atoms with Gasteiger partial charge in [-0.3, -0.25) is 4.98 Å². The van der Waals surface area contributed by atoms with Crippen molar-refractivity contribution in [3.63, 3.8) is 0 Å². The molecular weight excluding hydrogens is 246 g/mol. The van der Waals surface area contributed by atoms with Crippen LogP contribution in [0.2, 0.25) is 5.15 Å². The lowest BCUT2D eigenvalue weighted by molar-refractivity contribution is 1.32. The Morgan fingerprint density at radius 3 is 2.89 bits per heavy atom. The molecule has 0 saturated heterocycles. The van der Waals surface area contributed by atoms with Gasteiger partial charge < -0.3 is 5.32 Å². The third-order valence-corrected chi connectivity index (χ3v) is 2.90. The number of nitrogens with one attached hydrogen (secondary N) is 1. The van der Waals surface area contributed by atoms with E-state index in [1.54, 1.807) is 18.5 Å². The number of benzene rings is 1. The second-order valence-corrected chi connectivity index (χ2v) is 4.28. The van der Waals surface area contributed by atoms with Crippen molar-refractivity contribution >= 4 is 33.7 Å². The lowest BCUT2D eigenvalue weighted by Gasteiger charge is -2.09. The summed E-state index contributed by atoms with van der Waals surface area (Å²) in [6, 6.07) is 11.7. The highest BCUT2D eigenvalue weighted by atomic mass is 35.5. The average molecular weight is 256 g/mol. The van der Waals surface area contributed by atoms with Gasteiger partial charge in [-0.05, 0) is 29.7 Å². The van der Waals surface area contributed by atoms with Gasteiger partial charge in [-0.25, -0.2) is 4.98 Å². The van der Waals surface area contributed by atoms with E-state index in [1.807, 2.05) is 30.5 Å². The van der Waals surface area contributed by atoms with Crippen molar-refractivity contribution in [3.8, 4) is 0 Å². The largest absolute Gasteiger partial charge is 0.355 e. The molecule has 88 valence electrons. The van der Waals surface area contributed by atoms with E-state index in [9.17, 15) is 0 Å². The summed E-state index contributed by atoms with van der Waals surface area (Å²) in [5.41, 5.74) is 1.91. The molecule has 0 saturated carbocycles. The highest BCUT2D eigenvalue weighted by Gasteiger charge is 2.01. The Hall–Kier alpha value is -2.13. The topological polar surface area (TPSA) is 37.8 Å². The molecule has 0 bridgehead atoms. The molecule has 18 heavy (non-hydrogen) atoms. The molecule has 1 N–H and O–H groups in total. The van der Waals surface area contributed by atoms with E-state index in [2.05, 4.69) is 21.4 Å². The van der Waals surface area contributed by atoms with Crippen LogP contribution in [0, 0.1) is 0 Å². The molecule has 4 heteroatoms. The first-order chi connectivity index (χ1) is 8.83. The quantitative estimate of drug-likeness (QED) is 0.703. The maximum absolute atomic E-state index is 5.87. The fraction of sp³-hybridized carbons (Fsp3) is 0. The summed E-state index contributed by atoms with van der Waals surface area (Å²) in [5.74, 6) is 0. The number of pyridine rings is 2. The minimum atomic E-state index is 0.471. The summed E-state index contributed by atoms with van der Waals surface area (Å²) < 4.78 is 0. The second kappa shape index (κ2) is 4.63. The van der Waals surface area contributed by atoms with Crippen molar-refractivity contribution in [1.29, 1.82) is 0 Å². The maximum atomic E-state index is 5.87. The summed E-state index contributed by atoms with van der Waals surface area (Å²) in [6.07, 6.45) is 5.31. The Balaban J connectivity index is 2.05. The minimum absolute atomic E-state index is 0.471. The van der Waals surface area contributed by atoms with Gasteiger partial charge in [0.1, 0.15) is 5.15 Å². The Morgan fingerprint density at radius 1 is 1.06 bits per heavy atom. The van der Waals surface area contributed by atoms with E-state index in [-0.39, 0.29) is 0 Å². The van der Waals surface area contributed by atoms with Crippen LogP contribution in [0.3, 0.4) is 0 Å². The Kier molecular flexibility index (Phi) is 2.82. The normalized spacial score (nSPS) is 10.5. The monoisotopic (exact) mass is 255 g/mol. The van der Waals surface area contributed by atoms with Crippen LogP contribution < -0.4 is 5.32 Å². The number of fused-ring (bicyclic) bond motifs is 1. The lowest BCUT2D eigenvalue weighted by Crippen LogP contribution is -1.92. The van der Waals surface area contributed by atoms with E-state index in [4.69, 9.17) is 11.6 Å². The Morgan fingerprint density at radius 2 is 2.00 bits per heavy atom. The van der Waals surface area contributed by atoms with Crippen molar-refractivity contribution in [2.75, 3.05) is 5.32 Å². The Bertz CT molecular complexity index is 692. The molecule has 0 aliphatic carbocycles. The van der Waals surface area contributed by atoms with Crippen molar-refractivity contribution in [1.82, 2.24) is 9.97 Å². The number of hydrogen-bond donors (Lipinski definition) is 1. The van der Waals surface area contributed by atoms with Crippen LogP contribution in [-0.4, -0.2) is 9.97 Å². The molecule has 0 aliphatic rings. The van der Waals surface area contributed by atoms with E-state index >= 15 is 0 Å². The lowest BCUT2D eigenvalue weighted by atomic mass is 10.1. The number of anilines is 2. The fourth-order valence-electron chi connectivity index (χ4n) is 1.86. The van der Waals surface area contributed by atoms with Crippen molar-refractivity contribution in [2.24, 2.45) is 0 Å². The van der Waals surface area contributed by atoms with Crippen LogP contribution in [0.15, 0.2) is 55.0 Å². The minimum Gasteiger partial charge on any atom is -0.355 e. The molecule has 1 aromatic carbocycles. The average Bonchev–Trinajstić information content (AvgIpc) is 2.39. The summed E-state index contributed by atoms with van der Waals surface area (Å²) in [4.78, 5) is 8.11. The number of halogens is 1. The van der Waals surface area contributed by atoms with Crippen LogP contribution in [0.5, 0.6) is 0 Å². The van der Waals surface area contributed by atoms with Crippen molar-refractivity contribution in [2.45, 2.75) is 0 Å². The third-order valence-electron chi connectivity index (χ3n) is 2.69. The molecule has 0 unspecified atom stereocenters. The van der Waals surface area contributed by atoms with Gasteiger partial charge in [-0.2, -0.15) is 0 Å². The van der Waals surface area contributed by atoms with Crippen LogP contribution >= 0.6 is 11.6 Å². The standard InChI is InChI=1S/C14H10ClN3/c15-14-8-11(5-7-17-14)18-13-3-1-2-10-4-6-16-9-12(10)13/h1-9H,(H,17,18). The zero-order chi connectivity index (χ0) is 12.4. The number of rotatable bonds is 2. The van der Waals surface area contributed by atoms with Gasteiger partial charge in [0.25, 0.3) is 0 Å². The first kappa shape index (κ1) is 11.0. The van der Waals surface area contributed by atoms with Crippen LogP contribution in [0.1, 0.15) is 0 Å². The summed E-state index contributed by atoms with van der Waals surface area (Å²) in [6.45, 7) is 0. The van der Waals surface area contributed by atoms with E-state index < -0.39 is 0 Å². The highest BCUT2D eigenvalue weighted by Crippen LogP contribution is 2.26. The van der Waals surface area contributed by atoms with Gasteiger partial charge in [0.15, 0.2) is 0 Å². The Labute approximate surface area is 109 Å². The molecule has 0 atom stereocenters. The molecular formula is C14H10ClN3. The van der Waals surface area contributed by atoms with Gasteiger partial charge in [0.05, 0.1) is 0 Å². The number of hydrogen-bond acceptors (Lipinski definition) is 3. The SMILES string of the molecule is Clc1cc(Nc2cccc3ccncc23)ccn1. The van der Waals surface area contributed by atoms with Gasteiger partial charge in [-0.15, -0.1) is 0 Å². The van der Waals surface area contributed by atoms with E-state index in [0.29, 0.717) is 5.15 Å². The third kappa shape index (κ3) is 2.13. The van der Waals surface area contributed by atoms with Gasteiger partial charge in [-0.1, -0.05) is 23.7 Å². The van der Waals surface area contributed by atoms with Crippen LogP contribution in [-0.2, 0) is 0 Å². The number of aromatic nitrogens is 2. The zero-order valence-electron chi connectivity index (χ0n) is 9.47. The summed E-state index contributed by atoms with van der Waals surface area (Å²) in [7, 11) is 0. The van der Waals surface area contributed by atoms with Crippen molar-refractivity contribution in [3.05, 3.63) is 60.1 Å². The second-order valence-electron chi connectivity index (χ2n) is 3.89. The van der Waals surface area contributed by atoms with Gasteiger partial charge >= 0.3 is 0 Å². The fourth-order valence-corrected chi connectivity index (χ4v) is 2.03. The first-order valence-corrected chi connectivity index (χ1v) is 5.92. The predicted octanol–water partition coefficient (Wildman–Crippen LogP) is 4.03. The molecule has 3 aromatic rings. The molecule has 0 aliphatic heterocycles. The molecule has 0 fully saturated rings. The molecule has 2 heterocycles. The van der Waals surface area contributed by atoms with E-state index in [1.165, 1.54) is 0 Å². The molecule has 2 aromatic heterocycles. The molecule has 3 rings (SSSR count). The number of nitrogens with zero attached hydrogens (tertiary/aromatic N) is 2. The van der Waals surface area contributed by atoms with Crippen LogP contribution in [0.4, 0.5) is 11.4 Å². The van der Waals surface area contributed by atoms with Gasteiger partial charge in [0, 0.05) is 35.4 Å². The molecule has 3 nitrogen and oxygen atoms in total. The first-order valence-electron chi connectivity index (χ1n) is 5.54. The molecule has 0 radical (unpaired) electrons.